The summed E-state index contributed by atoms with van der Waals surface area (Å²) in [5.74, 6) is 7.65. The number of rotatable bonds is 44. The van der Waals surface area contributed by atoms with E-state index >= 15 is 0 Å². The van der Waals surface area contributed by atoms with Gasteiger partial charge in [0.2, 0.25) is 0 Å². The number of hydrogen-bond acceptors (Lipinski definition) is 14. The molecule has 126 heavy (non-hydrogen) atoms. The van der Waals surface area contributed by atoms with Crippen molar-refractivity contribution in [2.45, 2.75) is 119 Å². The average molecular weight is 1690 g/mol. The summed E-state index contributed by atoms with van der Waals surface area (Å²) in [5.41, 5.74) is 15.8. The van der Waals surface area contributed by atoms with Crippen LogP contribution in [0.2, 0.25) is 13.1 Å². The quantitative estimate of drug-likeness (QED) is 0.0336. The highest BCUT2D eigenvalue weighted by Crippen LogP contribution is 2.60. The lowest BCUT2D eigenvalue weighted by atomic mass is 9.87. The van der Waals surface area contributed by atoms with Gasteiger partial charge in [0.1, 0.15) is 156 Å². The van der Waals surface area contributed by atoms with Gasteiger partial charge in [-0.25, -0.2) is 0 Å². The number of benzene rings is 14. The third-order valence-corrected chi connectivity index (χ3v) is 25.9. The van der Waals surface area contributed by atoms with Crippen molar-refractivity contribution in [3.8, 4) is 69.0 Å². The summed E-state index contributed by atoms with van der Waals surface area (Å²) in [6.07, 6.45) is 1.38. The standard InChI is InChI=1S/C111H106O14Si/c1-5-112-79-111(80-113-6-2)65-107-108(66-111)110(94-57-105(124-77-91-51-99(118-71-85-39-23-11-24-40-85)61-100(52-91)119-72-86-41-25-12-26-42-86)64-106(58-94)125-78-92-53-101(120-73-87-43-27-13-28-44-87)62-102(54-92)121-74-88-45-29-14-30-46-88)126(3,4)109(107)93-55-103(122-75-89-47-95(114-67-81-31-15-7-16-32-81)59-96(48-89)115-68-82-33-17-8-18-34-82)63-104(56-93)123-76-90-49-97(116-69-83-35-19-9-20-36-83)60-98(50-90)117-70-84-37-21-10-22-38-84/h7-64H,5-6,65-80H2,1-4H3. The van der Waals surface area contributed by atoms with E-state index in [-0.39, 0.29) is 26.4 Å². The van der Waals surface area contributed by atoms with Crippen LogP contribution in [-0.4, -0.2) is 34.5 Å². The summed E-state index contributed by atoms with van der Waals surface area (Å²) >= 11 is 0. The van der Waals surface area contributed by atoms with Crippen molar-refractivity contribution in [2.24, 2.45) is 5.41 Å². The molecule has 14 aromatic carbocycles. The Morgan fingerprint density at radius 3 is 0.532 bits per heavy atom. The maximum atomic E-state index is 7.21. The molecular weight excluding hydrogens is 1590 g/mol. The zero-order valence-corrected chi connectivity index (χ0v) is 72.9. The van der Waals surface area contributed by atoms with Gasteiger partial charge < -0.3 is 66.3 Å². The van der Waals surface area contributed by atoms with Gasteiger partial charge in [-0.2, -0.15) is 0 Å². The lowest BCUT2D eigenvalue weighted by molar-refractivity contribution is -0.00914. The van der Waals surface area contributed by atoms with Crippen LogP contribution in [0.15, 0.2) is 363 Å². The molecule has 1 saturated carbocycles. The minimum absolute atomic E-state index is 0.166. The van der Waals surface area contributed by atoms with Crippen LogP contribution in [0.25, 0.3) is 10.4 Å². The molecule has 0 N–H and O–H groups in total. The summed E-state index contributed by atoms with van der Waals surface area (Å²) in [6, 6.07) is 118. The van der Waals surface area contributed by atoms with E-state index in [1.165, 1.54) is 21.5 Å². The third kappa shape index (κ3) is 24.0. The highest BCUT2D eigenvalue weighted by atomic mass is 28.3. The molecule has 14 aromatic rings. The molecule has 14 nitrogen and oxygen atoms in total. The van der Waals surface area contributed by atoms with Crippen LogP contribution in [0.3, 0.4) is 0 Å². The predicted molar refractivity (Wildman–Crippen MR) is 498 cm³/mol. The molecule has 1 heterocycles. The Morgan fingerprint density at radius 1 is 0.206 bits per heavy atom. The van der Waals surface area contributed by atoms with Crippen molar-refractivity contribution >= 4 is 18.5 Å². The topological polar surface area (TPSA) is 129 Å². The van der Waals surface area contributed by atoms with E-state index in [9.17, 15) is 0 Å². The molecule has 1 aliphatic carbocycles. The van der Waals surface area contributed by atoms with Gasteiger partial charge in [0.25, 0.3) is 0 Å². The second-order valence-electron chi connectivity index (χ2n) is 32.4. The Labute approximate surface area is 741 Å². The average Bonchev–Trinajstić information content (AvgIpc) is 1.54. The predicted octanol–water partition coefficient (Wildman–Crippen LogP) is 25.5. The van der Waals surface area contributed by atoms with Crippen LogP contribution in [-0.2, 0) is 88.8 Å². The van der Waals surface area contributed by atoms with Crippen LogP contribution < -0.4 is 56.8 Å². The minimum Gasteiger partial charge on any atom is -0.489 e. The highest BCUT2D eigenvalue weighted by molar-refractivity contribution is 7.10. The van der Waals surface area contributed by atoms with Gasteiger partial charge in [-0.3, -0.25) is 0 Å². The first kappa shape index (κ1) is 85.8. The number of hydrogen-bond donors (Lipinski definition) is 0. The Bertz CT molecular complexity index is 4990. The molecule has 2 aliphatic rings. The van der Waals surface area contributed by atoms with E-state index in [2.05, 4.69) is 148 Å². The van der Waals surface area contributed by atoms with Crippen molar-refractivity contribution in [1.29, 1.82) is 0 Å². The molecule has 0 atom stereocenters. The SMILES string of the molecule is CCOCC1(COCC)CC2=C(c3cc(OCc4cc(OCc5ccccc5)cc(OCc5ccccc5)c4)cc(OCc4cc(OCc5ccccc5)cc(OCc5ccccc5)c4)c3)[Si](C)(C)C(c3cc(OCc4cc(OCc5ccccc5)cc(OCc5ccccc5)c4)cc(OCc4cc(OCc5ccccc5)cc(OCc5ccccc5)c4)c3)=C2C1. The van der Waals surface area contributed by atoms with Gasteiger partial charge >= 0.3 is 0 Å². The molecule has 1 aliphatic heterocycles. The number of allylic oxidation sites excluding steroid dienone is 2. The first-order chi connectivity index (χ1) is 61.9. The van der Waals surface area contributed by atoms with Gasteiger partial charge in [-0.15, -0.1) is 0 Å². The molecule has 1 fully saturated rings. The van der Waals surface area contributed by atoms with Crippen molar-refractivity contribution in [3.63, 3.8) is 0 Å². The Kier molecular flexibility index (Phi) is 29.0. The van der Waals surface area contributed by atoms with Crippen LogP contribution >= 0.6 is 0 Å². The Morgan fingerprint density at radius 2 is 0.365 bits per heavy atom. The number of ether oxygens (including phenoxy) is 14. The maximum Gasteiger partial charge on any atom is 0.124 e. The summed E-state index contributed by atoms with van der Waals surface area (Å²) in [6.45, 7) is 14.7. The fourth-order valence-electron chi connectivity index (χ4n) is 16.2. The second-order valence-corrected chi connectivity index (χ2v) is 36.7. The summed E-state index contributed by atoms with van der Waals surface area (Å²) in [4.78, 5) is 0. The van der Waals surface area contributed by atoms with Crippen LogP contribution in [0.4, 0.5) is 0 Å². The Hall–Kier alpha value is -13.7. The van der Waals surface area contributed by atoms with E-state index in [4.69, 9.17) is 66.3 Å². The molecule has 15 heteroatoms. The summed E-state index contributed by atoms with van der Waals surface area (Å²) in [5, 5.41) is 2.50. The van der Waals surface area contributed by atoms with Gasteiger partial charge in [-0.05, 0) is 199 Å². The zero-order valence-electron chi connectivity index (χ0n) is 71.9. The lowest BCUT2D eigenvalue weighted by Gasteiger charge is -2.32. The molecule has 0 amide bonds. The molecule has 0 bridgehead atoms. The fourth-order valence-corrected chi connectivity index (χ4v) is 20.2. The van der Waals surface area contributed by atoms with Gasteiger partial charge in [0.05, 0.1) is 13.2 Å². The Balaban J connectivity index is 0.794. The highest BCUT2D eigenvalue weighted by Gasteiger charge is 2.51. The number of fused-ring (bicyclic) bond motifs is 1. The van der Waals surface area contributed by atoms with E-state index in [0.29, 0.717) is 161 Å². The fraction of sp³-hybridized carbons (Fsp3) is 0.207. The largest absolute Gasteiger partial charge is 0.489 e. The summed E-state index contributed by atoms with van der Waals surface area (Å²) in [7, 11) is -2.98. The maximum absolute atomic E-state index is 7.21. The van der Waals surface area contributed by atoms with Gasteiger partial charge in [-0.1, -0.05) is 256 Å². The van der Waals surface area contributed by atoms with Gasteiger partial charge in [0, 0.05) is 55.0 Å². The van der Waals surface area contributed by atoms with E-state index < -0.39 is 13.5 Å². The molecule has 0 unspecified atom stereocenters. The van der Waals surface area contributed by atoms with Crippen molar-refractivity contribution in [3.05, 3.63) is 441 Å². The monoisotopic (exact) mass is 1690 g/mol. The first-order valence-electron chi connectivity index (χ1n) is 43.3. The summed E-state index contributed by atoms with van der Waals surface area (Å²) < 4.78 is 94.6. The smallest absolute Gasteiger partial charge is 0.124 e. The second kappa shape index (κ2) is 42.6. The minimum atomic E-state index is -2.98. The van der Waals surface area contributed by atoms with Crippen molar-refractivity contribution < 1.29 is 66.3 Å². The van der Waals surface area contributed by atoms with Crippen LogP contribution in [0.1, 0.15) is 105 Å². The third-order valence-electron chi connectivity index (χ3n) is 22.3. The zero-order chi connectivity index (χ0) is 86.0. The molecule has 0 saturated heterocycles. The normalized spacial score (nSPS) is 13.0. The molecular formula is C111H106O14Si. The lowest BCUT2D eigenvalue weighted by Crippen LogP contribution is -2.33. The molecule has 638 valence electrons. The van der Waals surface area contributed by atoms with E-state index in [1.54, 1.807) is 0 Å². The molecule has 0 radical (unpaired) electrons. The van der Waals surface area contributed by atoms with Crippen molar-refractivity contribution in [1.82, 2.24) is 0 Å². The molecule has 0 spiro atoms. The van der Waals surface area contributed by atoms with E-state index in [0.717, 1.165) is 77.9 Å². The van der Waals surface area contributed by atoms with E-state index in [1.807, 2.05) is 231 Å². The first-order valence-corrected chi connectivity index (χ1v) is 46.3. The van der Waals surface area contributed by atoms with Crippen LogP contribution in [0.5, 0.6) is 69.0 Å². The van der Waals surface area contributed by atoms with Gasteiger partial charge in [0.15, 0.2) is 0 Å². The van der Waals surface area contributed by atoms with Crippen molar-refractivity contribution in [2.75, 3.05) is 26.4 Å². The van der Waals surface area contributed by atoms with Crippen LogP contribution in [0, 0.1) is 5.41 Å². The molecule has 16 rings (SSSR count). The molecule has 0 aromatic heterocycles.